The van der Waals surface area contributed by atoms with E-state index in [4.69, 9.17) is 4.98 Å². The van der Waals surface area contributed by atoms with Crippen LogP contribution in [0.15, 0.2) is 78.9 Å². The zero-order valence-corrected chi connectivity index (χ0v) is 16.5. The van der Waals surface area contributed by atoms with Gasteiger partial charge in [0.15, 0.2) is 0 Å². The number of imidazole rings is 1. The third-order valence-electron chi connectivity index (χ3n) is 5.41. The smallest absolute Gasteiger partial charge is 0.134 e. The fraction of sp³-hybridized carbons (Fsp3) is 0.192. The molecule has 1 unspecified atom stereocenters. The van der Waals surface area contributed by atoms with Gasteiger partial charge in [-0.1, -0.05) is 86.7 Å². The maximum absolute atomic E-state index is 4.86. The van der Waals surface area contributed by atoms with Gasteiger partial charge in [-0.25, -0.2) is 4.98 Å². The Morgan fingerprint density at radius 1 is 0.857 bits per heavy atom. The van der Waals surface area contributed by atoms with Gasteiger partial charge in [-0.15, -0.1) is 0 Å². The first-order valence-electron chi connectivity index (χ1n) is 10.0. The highest BCUT2D eigenvalue weighted by Crippen LogP contribution is 2.22. The van der Waals surface area contributed by atoms with Crippen molar-refractivity contribution >= 4 is 23.2 Å². The molecule has 2 heteroatoms. The summed E-state index contributed by atoms with van der Waals surface area (Å²) < 4.78 is 2.30. The van der Waals surface area contributed by atoms with Crippen LogP contribution in [-0.4, -0.2) is 9.55 Å². The van der Waals surface area contributed by atoms with Gasteiger partial charge in [-0.2, -0.15) is 0 Å². The van der Waals surface area contributed by atoms with Crippen molar-refractivity contribution in [3.05, 3.63) is 101 Å². The Hall–Kier alpha value is -3.13. The van der Waals surface area contributed by atoms with E-state index < -0.39 is 0 Å². The number of benzene rings is 3. The Kier molecular flexibility index (Phi) is 5.38. The van der Waals surface area contributed by atoms with Gasteiger partial charge in [0, 0.05) is 6.54 Å². The van der Waals surface area contributed by atoms with E-state index in [1.165, 1.54) is 28.6 Å². The molecule has 0 aliphatic heterocycles. The Labute approximate surface area is 167 Å². The summed E-state index contributed by atoms with van der Waals surface area (Å²) in [5.74, 6) is 1.59. The molecule has 0 fully saturated rings. The molecule has 0 spiro atoms. The van der Waals surface area contributed by atoms with Gasteiger partial charge in [0.1, 0.15) is 5.82 Å². The predicted molar refractivity (Wildman–Crippen MR) is 119 cm³/mol. The maximum Gasteiger partial charge on any atom is 0.134 e. The molecule has 0 radical (unpaired) electrons. The van der Waals surface area contributed by atoms with Crippen LogP contribution in [0.5, 0.6) is 0 Å². The molecule has 1 atom stereocenters. The summed E-state index contributed by atoms with van der Waals surface area (Å²) in [6.07, 6.45) is 5.41. The number of aromatic nitrogens is 2. The summed E-state index contributed by atoms with van der Waals surface area (Å²) in [5.41, 5.74) is 6.09. The second-order valence-corrected chi connectivity index (χ2v) is 7.34. The van der Waals surface area contributed by atoms with Gasteiger partial charge in [0.25, 0.3) is 0 Å². The molecule has 0 bridgehead atoms. The molecular weight excluding hydrogens is 340 g/mol. The van der Waals surface area contributed by atoms with Gasteiger partial charge < -0.3 is 4.57 Å². The van der Waals surface area contributed by atoms with Crippen molar-refractivity contribution in [2.24, 2.45) is 0 Å². The molecular formula is C26H26N2. The van der Waals surface area contributed by atoms with Crippen molar-refractivity contribution in [3.8, 4) is 0 Å². The quantitative estimate of drug-likeness (QED) is 0.368. The van der Waals surface area contributed by atoms with E-state index >= 15 is 0 Å². The van der Waals surface area contributed by atoms with Crippen molar-refractivity contribution in [2.75, 3.05) is 0 Å². The Morgan fingerprint density at radius 2 is 1.57 bits per heavy atom. The van der Waals surface area contributed by atoms with E-state index in [2.05, 4.69) is 97.3 Å². The topological polar surface area (TPSA) is 17.8 Å². The Bertz CT molecular complexity index is 1070. The molecule has 0 amide bonds. The molecule has 28 heavy (non-hydrogen) atoms. The molecule has 0 aliphatic carbocycles. The minimum Gasteiger partial charge on any atom is -0.320 e. The Balaban J connectivity index is 1.68. The monoisotopic (exact) mass is 366 g/mol. The van der Waals surface area contributed by atoms with Gasteiger partial charge in [0.2, 0.25) is 0 Å². The summed E-state index contributed by atoms with van der Waals surface area (Å²) in [5, 5.41) is 0. The fourth-order valence-corrected chi connectivity index (χ4v) is 3.49. The first-order valence-corrected chi connectivity index (χ1v) is 10.0. The third kappa shape index (κ3) is 3.91. The average Bonchev–Trinajstić information content (AvgIpc) is 3.10. The second kappa shape index (κ2) is 8.26. The van der Waals surface area contributed by atoms with E-state index in [0.29, 0.717) is 5.92 Å². The van der Waals surface area contributed by atoms with Crippen molar-refractivity contribution in [3.63, 3.8) is 0 Å². The molecule has 0 N–H and O–H groups in total. The highest BCUT2D eigenvalue weighted by atomic mass is 15.1. The number of rotatable bonds is 6. The lowest BCUT2D eigenvalue weighted by Crippen LogP contribution is -2.02. The predicted octanol–water partition coefficient (Wildman–Crippen LogP) is 6.77. The number of hydrogen-bond acceptors (Lipinski definition) is 1. The van der Waals surface area contributed by atoms with Crippen LogP contribution in [-0.2, 0) is 6.54 Å². The van der Waals surface area contributed by atoms with E-state index in [0.717, 1.165) is 17.9 Å². The van der Waals surface area contributed by atoms with Crippen LogP contribution in [0, 0.1) is 0 Å². The summed E-state index contributed by atoms with van der Waals surface area (Å²) in [6.45, 7) is 5.34. The van der Waals surface area contributed by atoms with E-state index in [-0.39, 0.29) is 0 Å². The van der Waals surface area contributed by atoms with Crippen LogP contribution in [0.4, 0.5) is 0 Å². The molecule has 1 heterocycles. The van der Waals surface area contributed by atoms with E-state index in [9.17, 15) is 0 Å². The van der Waals surface area contributed by atoms with Crippen LogP contribution in [0.1, 0.15) is 48.7 Å². The lowest BCUT2D eigenvalue weighted by molar-refractivity contribution is 0.731. The fourth-order valence-electron chi connectivity index (χ4n) is 3.49. The molecule has 3 aromatic carbocycles. The molecule has 2 nitrogen and oxygen atoms in total. The number of nitrogens with zero attached hydrogens (tertiary/aromatic N) is 2. The summed E-state index contributed by atoms with van der Waals surface area (Å²) >= 11 is 0. The van der Waals surface area contributed by atoms with Crippen molar-refractivity contribution in [1.82, 2.24) is 9.55 Å². The minimum atomic E-state index is 0.604. The summed E-state index contributed by atoms with van der Waals surface area (Å²) in [7, 11) is 0. The minimum absolute atomic E-state index is 0.604. The second-order valence-electron chi connectivity index (χ2n) is 7.34. The van der Waals surface area contributed by atoms with Crippen LogP contribution in [0.2, 0.25) is 0 Å². The van der Waals surface area contributed by atoms with Gasteiger partial charge in [0.05, 0.1) is 11.0 Å². The molecule has 0 saturated heterocycles. The van der Waals surface area contributed by atoms with Crippen LogP contribution >= 0.6 is 0 Å². The summed E-state index contributed by atoms with van der Waals surface area (Å²) in [4.78, 5) is 4.86. The highest BCUT2D eigenvalue weighted by Gasteiger charge is 2.09. The largest absolute Gasteiger partial charge is 0.320 e. The standard InChI is InChI=1S/C26H26N2/c1-3-20(2)23-16-13-22(14-17-23)19-28-25-12-8-7-11-24(25)27-26(28)18-15-21-9-5-4-6-10-21/h4-18,20H,3,19H2,1-2H3/b18-15+. The summed E-state index contributed by atoms with van der Waals surface area (Å²) in [6, 6.07) is 27.8. The van der Waals surface area contributed by atoms with E-state index in [1.54, 1.807) is 0 Å². The number of hydrogen-bond donors (Lipinski definition) is 0. The van der Waals surface area contributed by atoms with Crippen molar-refractivity contribution in [1.29, 1.82) is 0 Å². The first-order chi connectivity index (χ1) is 13.7. The van der Waals surface area contributed by atoms with E-state index in [1.807, 2.05) is 12.1 Å². The van der Waals surface area contributed by atoms with Crippen LogP contribution < -0.4 is 0 Å². The number of fused-ring (bicyclic) bond motifs is 1. The molecule has 4 rings (SSSR count). The highest BCUT2D eigenvalue weighted by molar-refractivity contribution is 5.80. The van der Waals surface area contributed by atoms with Crippen molar-refractivity contribution in [2.45, 2.75) is 32.7 Å². The van der Waals surface area contributed by atoms with Gasteiger partial charge in [-0.3, -0.25) is 0 Å². The lowest BCUT2D eigenvalue weighted by Gasteiger charge is -2.11. The maximum atomic E-state index is 4.86. The molecule has 1 aromatic heterocycles. The molecule has 0 saturated carbocycles. The third-order valence-corrected chi connectivity index (χ3v) is 5.41. The van der Waals surface area contributed by atoms with Crippen LogP contribution in [0.3, 0.4) is 0 Å². The molecule has 0 aliphatic rings. The van der Waals surface area contributed by atoms with Gasteiger partial charge >= 0.3 is 0 Å². The lowest BCUT2D eigenvalue weighted by atomic mass is 9.98. The normalized spacial score (nSPS) is 12.6. The zero-order chi connectivity index (χ0) is 19.3. The zero-order valence-electron chi connectivity index (χ0n) is 16.5. The van der Waals surface area contributed by atoms with Crippen LogP contribution in [0.25, 0.3) is 23.2 Å². The number of para-hydroxylation sites is 2. The first kappa shape index (κ1) is 18.2. The SMILES string of the molecule is CCC(C)c1ccc(Cn2c(/C=C/c3ccccc3)nc3ccccc32)cc1. The Morgan fingerprint density at radius 3 is 2.32 bits per heavy atom. The van der Waals surface area contributed by atoms with Gasteiger partial charge in [-0.05, 0) is 47.2 Å². The van der Waals surface area contributed by atoms with Crippen molar-refractivity contribution < 1.29 is 0 Å². The average molecular weight is 367 g/mol. The molecule has 140 valence electrons. The molecule has 4 aromatic rings.